The standard InChI is InChI=1S/C15H13ClN4O/c16-11-3-6-14(20-18)13(9-11)15(21)19-12-4-1-10(2-5-12)7-8-17/h1-6,9,20H,7,18H2,(H,19,21). The van der Waals surface area contributed by atoms with Gasteiger partial charge < -0.3 is 10.7 Å². The fourth-order valence-electron chi connectivity index (χ4n) is 1.83. The van der Waals surface area contributed by atoms with E-state index in [9.17, 15) is 4.79 Å². The molecule has 0 radical (unpaired) electrons. The van der Waals surface area contributed by atoms with Crippen LogP contribution in [0, 0.1) is 11.3 Å². The van der Waals surface area contributed by atoms with Gasteiger partial charge in [0, 0.05) is 10.7 Å². The van der Waals surface area contributed by atoms with Crippen LogP contribution in [0.5, 0.6) is 0 Å². The molecule has 2 aromatic carbocycles. The van der Waals surface area contributed by atoms with Gasteiger partial charge in [0.15, 0.2) is 0 Å². The first-order valence-electron chi connectivity index (χ1n) is 6.17. The number of nitrogens with zero attached hydrogens (tertiary/aromatic N) is 1. The Hall–Kier alpha value is -2.55. The van der Waals surface area contributed by atoms with Crippen LogP contribution in [0.3, 0.4) is 0 Å². The van der Waals surface area contributed by atoms with Gasteiger partial charge in [0.1, 0.15) is 0 Å². The number of amides is 1. The molecule has 0 bridgehead atoms. The van der Waals surface area contributed by atoms with Crippen molar-refractivity contribution in [3.8, 4) is 6.07 Å². The maximum atomic E-state index is 12.2. The number of rotatable bonds is 4. The number of carbonyl (C=O) groups is 1. The van der Waals surface area contributed by atoms with E-state index in [4.69, 9.17) is 22.7 Å². The number of benzene rings is 2. The van der Waals surface area contributed by atoms with E-state index in [2.05, 4.69) is 16.8 Å². The second-order valence-corrected chi connectivity index (χ2v) is 4.76. The van der Waals surface area contributed by atoms with Gasteiger partial charge >= 0.3 is 0 Å². The summed E-state index contributed by atoms with van der Waals surface area (Å²) in [7, 11) is 0. The van der Waals surface area contributed by atoms with Gasteiger partial charge in [-0.15, -0.1) is 0 Å². The zero-order valence-electron chi connectivity index (χ0n) is 11.1. The number of halogens is 1. The molecule has 2 aromatic rings. The van der Waals surface area contributed by atoms with E-state index in [1.54, 1.807) is 36.4 Å². The number of hydrogen-bond acceptors (Lipinski definition) is 4. The molecule has 0 aliphatic rings. The predicted octanol–water partition coefficient (Wildman–Crippen LogP) is 2.94. The molecule has 0 aliphatic heterocycles. The molecule has 0 aliphatic carbocycles. The fraction of sp³-hybridized carbons (Fsp3) is 0.0667. The summed E-state index contributed by atoms with van der Waals surface area (Å²) in [5, 5.41) is 11.8. The summed E-state index contributed by atoms with van der Waals surface area (Å²) in [6, 6.07) is 13.9. The van der Waals surface area contributed by atoms with Crippen LogP contribution < -0.4 is 16.6 Å². The molecule has 0 aromatic heterocycles. The SMILES string of the molecule is N#CCc1ccc(NC(=O)c2cc(Cl)ccc2NN)cc1. The van der Waals surface area contributed by atoms with Gasteiger partial charge in [-0.1, -0.05) is 23.7 Å². The third-order valence-corrected chi connectivity index (χ3v) is 3.11. The molecule has 21 heavy (non-hydrogen) atoms. The van der Waals surface area contributed by atoms with E-state index in [1.807, 2.05) is 0 Å². The molecule has 0 saturated carbocycles. The molecule has 5 nitrogen and oxygen atoms in total. The van der Waals surface area contributed by atoms with Crippen molar-refractivity contribution in [2.24, 2.45) is 5.84 Å². The Morgan fingerprint density at radius 1 is 1.24 bits per heavy atom. The van der Waals surface area contributed by atoms with Crippen molar-refractivity contribution in [1.82, 2.24) is 0 Å². The minimum absolute atomic E-state index is 0.321. The van der Waals surface area contributed by atoms with Gasteiger partial charge in [-0.3, -0.25) is 10.6 Å². The molecule has 0 atom stereocenters. The van der Waals surface area contributed by atoms with Gasteiger partial charge in [0.2, 0.25) is 0 Å². The quantitative estimate of drug-likeness (QED) is 0.598. The van der Waals surface area contributed by atoms with Crippen molar-refractivity contribution in [2.45, 2.75) is 6.42 Å². The van der Waals surface area contributed by atoms with Gasteiger partial charge in [-0.25, -0.2) is 0 Å². The Balaban J connectivity index is 2.18. The maximum absolute atomic E-state index is 12.2. The lowest BCUT2D eigenvalue weighted by atomic mass is 10.1. The lowest BCUT2D eigenvalue weighted by molar-refractivity contribution is 0.102. The average molecular weight is 301 g/mol. The Labute approximate surface area is 127 Å². The van der Waals surface area contributed by atoms with Crippen molar-refractivity contribution in [3.63, 3.8) is 0 Å². The average Bonchev–Trinajstić information content (AvgIpc) is 2.49. The van der Waals surface area contributed by atoms with Crippen LogP contribution in [0.4, 0.5) is 11.4 Å². The van der Waals surface area contributed by atoms with Crippen LogP contribution in [0.25, 0.3) is 0 Å². The second kappa shape index (κ2) is 6.75. The topological polar surface area (TPSA) is 90.9 Å². The largest absolute Gasteiger partial charge is 0.323 e. The number of anilines is 2. The maximum Gasteiger partial charge on any atom is 0.257 e. The van der Waals surface area contributed by atoms with E-state index in [1.165, 1.54) is 6.07 Å². The highest BCUT2D eigenvalue weighted by Crippen LogP contribution is 2.21. The molecule has 0 heterocycles. The number of nitriles is 1. The number of nitrogens with two attached hydrogens (primary N) is 1. The Morgan fingerprint density at radius 3 is 2.57 bits per heavy atom. The van der Waals surface area contributed by atoms with Crippen molar-refractivity contribution in [2.75, 3.05) is 10.7 Å². The molecular formula is C15H13ClN4O. The van der Waals surface area contributed by atoms with Gasteiger partial charge in [0.25, 0.3) is 5.91 Å². The van der Waals surface area contributed by atoms with Crippen molar-refractivity contribution < 1.29 is 4.79 Å². The van der Waals surface area contributed by atoms with Crippen molar-refractivity contribution in [1.29, 1.82) is 5.26 Å². The number of carbonyl (C=O) groups excluding carboxylic acids is 1. The van der Waals surface area contributed by atoms with E-state index < -0.39 is 0 Å². The summed E-state index contributed by atoms with van der Waals surface area (Å²) in [5.41, 5.74) is 4.82. The Bertz CT molecular complexity index is 692. The third-order valence-electron chi connectivity index (χ3n) is 2.88. The highest BCUT2D eigenvalue weighted by atomic mass is 35.5. The fourth-order valence-corrected chi connectivity index (χ4v) is 2.00. The third kappa shape index (κ3) is 3.72. The first-order chi connectivity index (χ1) is 10.1. The van der Waals surface area contributed by atoms with Crippen LogP contribution in [0.2, 0.25) is 5.02 Å². The summed E-state index contributed by atoms with van der Waals surface area (Å²) in [6.07, 6.45) is 0.337. The van der Waals surface area contributed by atoms with Gasteiger partial charge in [0.05, 0.1) is 23.7 Å². The van der Waals surface area contributed by atoms with E-state index >= 15 is 0 Å². The molecule has 106 valence electrons. The lowest BCUT2D eigenvalue weighted by Gasteiger charge is -2.10. The molecule has 4 N–H and O–H groups in total. The van der Waals surface area contributed by atoms with E-state index in [0.717, 1.165) is 5.56 Å². The molecule has 0 unspecified atom stereocenters. The normalized spacial score (nSPS) is 9.76. The number of nitrogens with one attached hydrogen (secondary N) is 2. The van der Waals surface area contributed by atoms with Crippen LogP contribution in [-0.4, -0.2) is 5.91 Å². The van der Waals surface area contributed by atoms with Crippen molar-refractivity contribution >= 4 is 28.9 Å². The lowest BCUT2D eigenvalue weighted by Crippen LogP contribution is -2.17. The zero-order chi connectivity index (χ0) is 15.2. The van der Waals surface area contributed by atoms with E-state index in [-0.39, 0.29) is 5.91 Å². The van der Waals surface area contributed by atoms with Gasteiger partial charge in [-0.2, -0.15) is 5.26 Å². The number of nitrogen functional groups attached to an aromatic ring is 1. The smallest absolute Gasteiger partial charge is 0.257 e. The molecule has 0 fully saturated rings. The molecule has 2 rings (SSSR count). The monoisotopic (exact) mass is 300 g/mol. The minimum Gasteiger partial charge on any atom is -0.323 e. The molecule has 1 amide bonds. The highest BCUT2D eigenvalue weighted by Gasteiger charge is 2.12. The summed E-state index contributed by atoms with van der Waals surface area (Å²) in [4.78, 5) is 12.2. The predicted molar refractivity (Wildman–Crippen MR) is 83.0 cm³/mol. The zero-order valence-corrected chi connectivity index (χ0v) is 11.8. The Morgan fingerprint density at radius 2 is 1.95 bits per heavy atom. The highest BCUT2D eigenvalue weighted by molar-refractivity contribution is 6.31. The molecule has 6 heteroatoms. The van der Waals surface area contributed by atoms with Crippen LogP contribution >= 0.6 is 11.6 Å². The van der Waals surface area contributed by atoms with Crippen LogP contribution in [-0.2, 0) is 6.42 Å². The van der Waals surface area contributed by atoms with Crippen LogP contribution in [0.15, 0.2) is 42.5 Å². The summed E-state index contributed by atoms with van der Waals surface area (Å²) >= 11 is 5.90. The van der Waals surface area contributed by atoms with Crippen molar-refractivity contribution in [3.05, 3.63) is 58.6 Å². The van der Waals surface area contributed by atoms with Crippen LogP contribution in [0.1, 0.15) is 15.9 Å². The molecule has 0 saturated heterocycles. The van der Waals surface area contributed by atoms with E-state index in [0.29, 0.717) is 28.4 Å². The second-order valence-electron chi connectivity index (χ2n) is 4.32. The number of hydrazine groups is 1. The summed E-state index contributed by atoms with van der Waals surface area (Å²) < 4.78 is 0. The minimum atomic E-state index is -0.321. The first-order valence-corrected chi connectivity index (χ1v) is 6.55. The first kappa shape index (κ1) is 14.9. The summed E-state index contributed by atoms with van der Waals surface area (Å²) in [5.74, 6) is 5.06. The molecule has 0 spiro atoms. The molecular weight excluding hydrogens is 288 g/mol. The van der Waals surface area contributed by atoms with Gasteiger partial charge in [-0.05, 0) is 35.9 Å². The Kier molecular flexibility index (Phi) is 4.77. The number of hydrogen-bond donors (Lipinski definition) is 3. The summed E-state index contributed by atoms with van der Waals surface area (Å²) in [6.45, 7) is 0.